The SMILES string of the molecule is CC(C)(C)CC1C(C)(C)C2NC(C)(C)CC12C. The topological polar surface area (TPSA) is 12.0 Å². The second-order valence-electron chi connectivity index (χ2n) is 9.28. The summed E-state index contributed by atoms with van der Waals surface area (Å²) in [6.45, 7) is 19.3. The summed E-state index contributed by atoms with van der Waals surface area (Å²) in [7, 11) is 0. The average molecular weight is 237 g/mol. The van der Waals surface area contributed by atoms with Crippen molar-refractivity contribution in [2.45, 2.75) is 79.8 Å². The lowest BCUT2D eigenvalue weighted by molar-refractivity contribution is -0.128. The molecule has 0 bridgehead atoms. The Kier molecular flexibility index (Phi) is 2.59. The second kappa shape index (κ2) is 3.29. The molecule has 1 nitrogen and oxygen atoms in total. The third kappa shape index (κ3) is 1.95. The molecule has 1 aliphatic carbocycles. The predicted molar refractivity (Wildman–Crippen MR) is 75.1 cm³/mol. The van der Waals surface area contributed by atoms with Crippen LogP contribution in [0.15, 0.2) is 0 Å². The van der Waals surface area contributed by atoms with Crippen LogP contribution in [0.5, 0.6) is 0 Å². The highest BCUT2D eigenvalue weighted by molar-refractivity contribution is 5.22. The van der Waals surface area contributed by atoms with Crippen LogP contribution in [-0.4, -0.2) is 11.6 Å². The summed E-state index contributed by atoms with van der Waals surface area (Å²) in [4.78, 5) is 0. The predicted octanol–water partition coefficient (Wildman–Crippen LogP) is 4.23. The third-order valence-electron chi connectivity index (χ3n) is 5.27. The van der Waals surface area contributed by atoms with Gasteiger partial charge in [0.15, 0.2) is 0 Å². The fraction of sp³-hybridized carbons (Fsp3) is 1.00. The Labute approximate surface area is 108 Å². The highest BCUT2D eigenvalue weighted by Crippen LogP contribution is 2.67. The summed E-state index contributed by atoms with van der Waals surface area (Å²) in [5.41, 5.74) is 1.74. The first kappa shape index (κ1) is 13.4. The van der Waals surface area contributed by atoms with Crippen LogP contribution in [0.2, 0.25) is 0 Å². The molecule has 1 heteroatoms. The lowest BCUT2D eigenvalue weighted by Gasteiger charge is -2.64. The van der Waals surface area contributed by atoms with Crippen LogP contribution in [-0.2, 0) is 0 Å². The fourth-order valence-electron chi connectivity index (χ4n) is 5.08. The van der Waals surface area contributed by atoms with E-state index in [1.54, 1.807) is 0 Å². The largest absolute Gasteiger partial charge is 0.308 e. The van der Waals surface area contributed by atoms with Crippen molar-refractivity contribution in [3.8, 4) is 0 Å². The Morgan fingerprint density at radius 3 is 2.06 bits per heavy atom. The van der Waals surface area contributed by atoms with Gasteiger partial charge in [0.05, 0.1) is 0 Å². The Morgan fingerprint density at radius 1 is 1.06 bits per heavy atom. The maximum absolute atomic E-state index is 3.88. The van der Waals surface area contributed by atoms with Crippen LogP contribution in [0.3, 0.4) is 0 Å². The molecule has 1 N–H and O–H groups in total. The van der Waals surface area contributed by atoms with Crippen LogP contribution in [0.25, 0.3) is 0 Å². The van der Waals surface area contributed by atoms with Crippen LogP contribution in [0.4, 0.5) is 0 Å². The third-order valence-corrected chi connectivity index (χ3v) is 5.27. The molecule has 1 saturated carbocycles. The van der Waals surface area contributed by atoms with Crippen LogP contribution < -0.4 is 5.32 Å². The van der Waals surface area contributed by atoms with Crippen molar-refractivity contribution in [2.75, 3.05) is 0 Å². The molecule has 17 heavy (non-hydrogen) atoms. The van der Waals surface area contributed by atoms with E-state index >= 15 is 0 Å². The highest BCUT2D eigenvalue weighted by atomic mass is 15.1. The molecule has 2 fully saturated rings. The molecule has 0 aromatic carbocycles. The number of nitrogens with one attached hydrogen (secondary N) is 1. The van der Waals surface area contributed by atoms with Crippen LogP contribution in [0.1, 0.15) is 68.2 Å². The Hall–Kier alpha value is -0.0400. The van der Waals surface area contributed by atoms with Gasteiger partial charge in [0.2, 0.25) is 0 Å². The molecule has 0 spiro atoms. The first-order valence-electron chi connectivity index (χ1n) is 7.16. The second-order valence-corrected chi connectivity index (χ2v) is 9.28. The van der Waals surface area contributed by atoms with Crippen molar-refractivity contribution < 1.29 is 0 Å². The summed E-state index contributed by atoms with van der Waals surface area (Å²) in [5, 5.41) is 3.88. The van der Waals surface area contributed by atoms with Crippen molar-refractivity contribution in [3.05, 3.63) is 0 Å². The molecule has 1 aliphatic heterocycles. The van der Waals surface area contributed by atoms with Crippen LogP contribution >= 0.6 is 0 Å². The zero-order valence-electron chi connectivity index (χ0n) is 13.1. The molecule has 100 valence electrons. The molecule has 0 amide bonds. The molecule has 1 saturated heterocycles. The van der Waals surface area contributed by atoms with E-state index in [0.717, 1.165) is 5.92 Å². The lowest BCUT2D eigenvalue weighted by Crippen LogP contribution is -2.66. The summed E-state index contributed by atoms with van der Waals surface area (Å²) in [6, 6.07) is 0.706. The zero-order valence-corrected chi connectivity index (χ0v) is 13.1. The first-order chi connectivity index (χ1) is 7.39. The van der Waals surface area contributed by atoms with E-state index in [1.807, 2.05) is 0 Å². The number of rotatable bonds is 1. The standard InChI is InChI=1S/C16H31N/c1-13(2,3)9-11-15(6,7)12-16(11,8)10-14(4,5)17-12/h11-12,17H,9-10H2,1-8H3. The molecule has 0 radical (unpaired) electrons. The van der Waals surface area contributed by atoms with E-state index in [9.17, 15) is 0 Å². The number of hydrogen-bond acceptors (Lipinski definition) is 1. The van der Waals surface area contributed by atoms with Crippen molar-refractivity contribution in [1.82, 2.24) is 5.32 Å². The Morgan fingerprint density at radius 2 is 1.59 bits per heavy atom. The van der Waals surface area contributed by atoms with E-state index in [-0.39, 0.29) is 0 Å². The van der Waals surface area contributed by atoms with Crippen molar-refractivity contribution in [2.24, 2.45) is 22.2 Å². The quantitative estimate of drug-likeness (QED) is 0.720. The smallest absolute Gasteiger partial charge is 0.0183 e. The maximum Gasteiger partial charge on any atom is 0.0183 e. The Bertz CT molecular complexity index is 321. The van der Waals surface area contributed by atoms with Crippen molar-refractivity contribution in [1.29, 1.82) is 0 Å². The molecule has 0 aromatic heterocycles. The fourth-order valence-corrected chi connectivity index (χ4v) is 5.08. The summed E-state index contributed by atoms with van der Waals surface area (Å²) in [6.07, 6.45) is 2.68. The van der Waals surface area contributed by atoms with Gasteiger partial charge in [0.25, 0.3) is 0 Å². The van der Waals surface area contributed by atoms with Crippen molar-refractivity contribution >= 4 is 0 Å². The van der Waals surface area contributed by atoms with Gasteiger partial charge >= 0.3 is 0 Å². The molecule has 2 aliphatic rings. The maximum atomic E-state index is 3.88. The van der Waals surface area contributed by atoms with Gasteiger partial charge in [-0.3, -0.25) is 0 Å². The van der Waals surface area contributed by atoms with Crippen LogP contribution in [0, 0.1) is 22.2 Å². The summed E-state index contributed by atoms with van der Waals surface area (Å²) < 4.78 is 0. The summed E-state index contributed by atoms with van der Waals surface area (Å²) in [5.74, 6) is 0.856. The van der Waals surface area contributed by atoms with Gasteiger partial charge in [-0.1, -0.05) is 41.5 Å². The minimum atomic E-state index is 0.323. The minimum absolute atomic E-state index is 0.323. The molecule has 3 unspecified atom stereocenters. The normalized spacial score (nSPS) is 43.1. The highest BCUT2D eigenvalue weighted by Gasteiger charge is 2.68. The summed E-state index contributed by atoms with van der Waals surface area (Å²) >= 11 is 0. The van der Waals surface area contributed by atoms with Gasteiger partial charge in [-0.2, -0.15) is 0 Å². The van der Waals surface area contributed by atoms with E-state index in [1.165, 1.54) is 12.8 Å². The van der Waals surface area contributed by atoms with Gasteiger partial charge in [0, 0.05) is 11.6 Å². The number of hydrogen-bond donors (Lipinski definition) is 1. The monoisotopic (exact) mass is 237 g/mol. The molecule has 3 atom stereocenters. The van der Waals surface area contributed by atoms with Gasteiger partial charge in [0.1, 0.15) is 0 Å². The average Bonchev–Trinajstić information content (AvgIpc) is 2.31. The first-order valence-corrected chi connectivity index (χ1v) is 7.16. The van der Waals surface area contributed by atoms with E-state index in [0.29, 0.717) is 27.8 Å². The molecular formula is C16H31N. The Balaban J connectivity index is 2.24. The van der Waals surface area contributed by atoms with Gasteiger partial charge in [-0.05, 0) is 48.9 Å². The van der Waals surface area contributed by atoms with E-state index < -0.39 is 0 Å². The van der Waals surface area contributed by atoms with Crippen molar-refractivity contribution in [3.63, 3.8) is 0 Å². The zero-order chi connectivity index (χ0) is 13.3. The van der Waals surface area contributed by atoms with E-state index in [2.05, 4.69) is 60.7 Å². The molecule has 1 heterocycles. The molecule has 0 aromatic rings. The van der Waals surface area contributed by atoms with Gasteiger partial charge in [-0.15, -0.1) is 0 Å². The van der Waals surface area contributed by atoms with Gasteiger partial charge in [-0.25, -0.2) is 0 Å². The van der Waals surface area contributed by atoms with Gasteiger partial charge < -0.3 is 5.32 Å². The van der Waals surface area contributed by atoms with E-state index in [4.69, 9.17) is 0 Å². The lowest BCUT2D eigenvalue weighted by atomic mass is 9.42. The molecule has 2 rings (SSSR count). The number of fused-ring (bicyclic) bond motifs is 1. The molecular weight excluding hydrogens is 206 g/mol. The minimum Gasteiger partial charge on any atom is -0.308 e.